The number of rotatable bonds is 1. The average molecular weight is 132 g/mol. The molecule has 0 amide bonds. The van der Waals surface area contributed by atoms with Gasteiger partial charge in [0.15, 0.2) is 0 Å². The fourth-order valence-electron chi connectivity index (χ4n) is 0.556. The van der Waals surface area contributed by atoms with Crippen LogP contribution < -0.4 is 0 Å². The highest BCUT2D eigenvalue weighted by Crippen LogP contribution is 2.54. The fourth-order valence-corrected chi connectivity index (χ4v) is 3.29. The molecule has 1 unspecified atom stereocenters. The summed E-state index contributed by atoms with van der Waals surface area (Å²) in [6, 6.07) is 0. The third-order valence-electron chi connectivity index (χ3n) is 1.11. The molecular formula is C5H9PS. The molecule has 0 aromatic carbocycles. The number of hydrogen-bond donors (Lipinski definition) is 0. The van der Waals surface area contributed by atoms with Gasteiger partial charge in [-0.2, -0.15) is 0 Å². The zero-order valence-electron chi connectivity index (χ0n) is 4.56. The molecule has 0 N–H and O–H groups in total. The largest absolute Gasteiger partial charge is 0.0920 e. The topological polar surface area (TPSA) is 0 Å². The highest BCUT2D eigenvalue weighted by Gasteiger charge is 2.16. The fraction of sp³-hybridized carbons (Fsp3) is 0.600. The van der Waals surface area contributed by atoms with Crippen LogP contribution in [0.2, 0.25) is 0 Å². The van der Waals surface area contributed by atoms with Gasteiger partial charge < -0.3 is 0 Å². The Balaban J connectivity index is 2.47. The van der Waals surface area contributed by atoms with Crippen molar-refractivity contribution in [3.05, 3.63) is 11.1 Å². The lowest BCUT2D eigenvalue weighted by Gasteiger charge is -1.90. The zero-order chi connectivity index (χ0) is 5.44. The third kappa shape index (κ3) is 1.14. The van der Waals surface area contributed by atoms with Gasteiger partial charge in [0.05, 0.1) is 0 Å². The van der Waals surface area contributed by atoms with Crippen molar-refractivity contribution in [1.29, 1.82) is 0 Å². The van der Waals surface area contributed by atoms with Crippen LogP contribution in [0.4, 0.5) is 0 Å². The summed E-state index contributed by atoms with van der Waals surface area (Å²) in [7, 11) is 0. The maximum atomic E-state index is 5.04. The smallest absolute Gasteiger partial charge is 0.0117 e. The predicted octanol–water partition coefficient (Wildman–Crippen LogP) is 2.17. The molecule has 0 spiro atoms. The lowest BCUT2D eigenvalue weighted by atomic mass is 10.2. The lowest BCUT2D eigenvalue weighted by molar-refractivity contribution is 0.826. The van der Waals surface area contributed by atoms with Crippen LogP contribution in [0.5, 0.6) is 0 Å². The molecule has 0 saturated heterocycles. The highest BCUT2D eigenvalue weighted by molar-refractivity contribution is 8.11. The summed E-state index contributed by atoms with van der Waals surface area (Å²) in [5.41, 5.74) is 0. The van der Waals surface area contributed by atoms with Crippen molar-refractivity contribution < 1.29 is 0 Å². The molecule has 0 saturated carbocycles. The van der Waals surface area contributed by atoms with Crippen molar-refractivity contribution in [1.82, 2.24) is 0 Å². The minimum atomic E-state index is -0.392. The predicted molar refractivity (Wildman–Crippen MR) is 38.6 cm³/mol. The third-order valence-corrected chi connectivity index (χ3v) is 3.72. The van der Waals surface area contributed by atoms with E-state index in [4.69, 9.17) is 11.8 Å². The summed E-state index contributed by atoms with van der Waals surface area (Å²) in [5, 5.41) is 1.56. The van der Waals surface area contributed by atoms with Gasteiger partial charge in [0.2, 0.25) is 0 Å². The van der Waals surface area contributed by atoms with Crippen LogP contribution in [0.15, 0.2) is 11.1 Å². The molecule has 1 aliphatic heterocycles. The Bertz CT molecular complexity index is 135. The van der Waals surface area contributed by atoms with Gasteiger partial charge in [-0.05, 0) is 23.7 Å². The van der Waals surface area contributed by atoms with Gasteiger partial charge in [0, 0.05) is 0 Å². The van der Waals surface area contributed by atoms with Crippen LogP contribution in [-0.4, -0.2) is 0 Å². The molecule has 0 bridgehead atoms. The van der Waals surface area contributed by atoms with Crippen LogP contribution in [0.3, 0.4) is 0 Å². The summed E-state index contributed by atoms with van der Waals surface area (Å²) in [4.78, 5) is 0. The Morgan fingerprint density at radius 3 is 2.14 bits per heavy atom. The molecule has 1 rings (SSSR count). The molecule has 0 radical (unpaired) electrons. The summed E-state index contributed by atoms with van der Waals surface area (Å²) in [6.07, 6.45) is 0. The van der Waals surface area contributed by atoms with E-state index in [1.165, 1.54) is 0 Å². The van der Waals surface area contributed by atoms with Crippen LogP contribution in [0.25, 0.3) is 0 Å². The Hall–Kier alpha value is 0.390. The van der Waals surface area contributed by atoms with Gasteiger partial charge in [0.1, 0.15) is 0 Å². The van der Waals surface area contributed by atoms with E-state index in [0.717, 1.165) is 5.92 Å². The molecule has 0 nitrogen and oxygen atoms in total. The molecule has 40 valence electrons. The first kappa shape index (κ1) is 5.53. The van der Waals surface area contributed by atoms with E-state index in [1.54, 1.807) is 5.31 Å². The van der Waals surface area contributed by atoms with Crippen molar-refractivity contribution in [2.45, 2.75) is 13.8 Å². The molecule has 0 aromatic heterocycles. The minimum Gasteiger partial charge on any atom is -0.0920 e. The lowest BCUT2D eigenvalue weighted by Crippen LogP contribution is -1.75. The summed E-state index contributed by atoms with van der Waals surface area (Å²) in [6.45, 7) is 4.02. The van der Waals surface area contributed by atoms with E-state index in [0.29, 0.717) is 0 Å². The Kier molecular flexibility index (Phi) is 1.36. The van der Waals surface area contributed by atoms with Crippen LogP contribution >= 0.6 is 6.70 Å². The Morgan fingerprint density at radius 2 is 2.14 bits per heavy atom. The van der Waals surface area contributed by atoms with E-state index in [-0.39, 0.29) is 0 Å². The van der Waals surface area contributed by atoms with Crippen molar-refractivity contribution >= 4 is 18.5 Å². The molecule has 0 fully saturated rings. The molecular weight excluding hydrogens is 123 g/mol. The van der Waals surface area contributed by atoms with E-state index in [1.807, 2.05) is 0 Å². The normalized spacial score (nSPS) is 27.9. The minimum absolute atomic E-state index is 0.392. The molecule has 1 aliphatic rings. The second kappa shape index (κ2) is 1.72. The summed E-state index contributed by atoms with van der Waals surface area (Å²) in [5.74, 6) is 2.98. The second-order valence-corrected chi connectivity index (χ2v) is 5.03. The zero-order valence-corrected chi connectivity index (χ0v) is 6.38. The Morgan fingerprint density at radius 1 is 1.71 bits per heavy atom. The van der Waals surface area contributed by atoms with Crippen molar-refractivity contribution in [2.75, 3.05) is 0 Å². The van der Waals surface area contributed by atoms with Crippen LogP contribution in [-0.2, 0) is 11.8 Å². The Labute approximate surface area is 50.0 Å². The van der Waals surface area contributed by atoms with E-state index in [2.05, 4.69) is 19.7 Å². The SMILES string of the molecule is CC(C)C1=C[PH]1=S. The van der Waals surface area contributed by atoms with Gasteiger partial charge in [-0.25, -0.2) is 0 Å². The van der Waals surface area contributed by atoms with Gasteiger partial charge in [0.25, 0.3) is 0 Å². The molecule has 2 heteroatoms. The summed E-state index contributed by atoms with van der Waals surface area (Å²) >= 11 is 5.04. The average Bonchev–Trinajstić information content (AvgIpc) is 2.17. The van der Waals surface area contributed by atoms with E-state index >= 15 is 0 Å². The maximum Gasteiger partial charge on any atom is -0.0117 e. The van der Waals surface area contributed by atoms with Gasteiger partial charge >= 0.3 is 0 Å². The van der Waals surface area contributed by atoms with Crippen molar-refractivity contribution in [3.8, 4) is 0 Å². The monoisotopic (exact) mass is 132 g/mol. The molecule has 7 heavy (non-hydrogen) atoms. The molecule has 1 atom stereocenters. The maximum absolute atomic E-state index is 5.04. The standard InChI is InChI=1S/C5H9PS/c1-4(2)5-3-6(5)7/h3-4,6H,1-2H3. The first-order valence-electron chi connectivity index (χ1n) is 2.47. The highest BCUT2D eigenvalue weighted by atomic mass is 32.4. The quantitative estimate of drug-likeness (QED) is 0.493. The van der Waals surface area contributed by atoms with Crippen molar-refractivity contribution in [3.63, 3.8) is 0 Å². The number of hydrogen-bond acceptors (Lipinski definition) is 1. The second-order valence-electron chi connectivity index (χ2n) is 2.12. The van der Waals surface area contributed by atoms with E-state index in [9.17, 15) is 0 Å². The molecule has 0 aliphatic carbocycles. The van der Waals surface area contributed by atoms with Gasteiger partial charge in [-0.1, -0.05) is 25.7 Å². The van der Waals surface area contributed by atoms with Gasteiger partial charge in [-0.15, -0.1) is 0 Å². The first-order chi connectivity index (χ1) is 3.22. The molecule has 0 aromatic rings. The molecule has 1 heterocycles. The van der Waals surface area contributed by atoms with Crippen LogP contribution in [0, 0.1) is 5.92 Å². The van der Waals surface area contributed by atoms with Crippen LogP contribution in [0.1, 0.15) is 13.8 Å². The van der Waals surface area contributed by atoms with E-state index < -0.39 is 6.70 Å². The summed E-state index contributed by atoms with van der Waals surface area (Å²) < 4.78 is 0. The van der Waals surface area contributed by atoms with Gasteiger partial charge in [-0.3, -0.25) is 0 Å². The first-order valence-corrected chi connectivity index (χ1v) is 5.19. The number of allylic oxidation sites excluding steroid dienone is 1. The van der Waals surface area contributed by atoms with Crippen molar-refractivity contribution in [2.24, 2.45) is 5.92 Å².